The first kappa shape index (κ1) is 16.0. The summed E-state index contributed by atoms with van der Waals surface area (Å²) in [5, 5.41) is 0. The molecule has 4 heterocycles. The number of rotatable bonds is 3. The molecule has 2 fully saturated rings. The van der Waals surface area contributed by atoms with Crippen molar-refractivity contribution in [1.82, 2.24) is 19.2 Å². The summed E-state index contributed by atoms with van der Waals surface area (Å²) in [5.74, 6) is 2.74. The number of carbonyl (C=O) groups excluding carboxylic acids is 1. The number of fused-ring (bicyclic) bond motifs is 1. The fraction of sp³-hybridized carbons (Fsp3) is 0.556. The number of aromatic nitrogens is 2. The van der Waals surface area contributed by atoms with Gasteiger partial charge in [0.2, 0.25) is 5.91 Å². The van der Waals surface area contributed by atoms with Crippen LogP contribution >= 0.6 is 11.8 Å². The Balaban J connectivity index is 1.34. The molecule has 0 spiro atoms. The Kier molecular flexibility index (Phi) is 4.76. The Morgan fingerprint density at radius 2 is 1.96 bits per heavy atom. The smallest absolute Gasteiger partial charge is 0.228 e. The standard InChI is InChI=1S/C18H24N4OS/c23-18(13-16-14-19-17-3-1-2-6-22(16)17)21-7-4-15(5-8-21)20-9-11-24-12-10-20/h1-3,6,14-15H,4-5,7-13H2. The lowest BCUT2D eigenvalue weighted by molar-refractivity contribution is -0.132. The minimum absolute atomic E-state index is 0.230. The number of hydrogen-bond acceptors (Lipinski definition) is 4. The molecule has 0 saturated carbocycles. The van der Waals surface area contributed by atoms with E-state index in [0.29, 0.717) is 12.5 Å². The maximum Gasteiger partial charge on any atom is 0.228 e. The Morgan fingerprint density at radius 3 is 2.75 bits per heavy atom. The summed E-state index contributed by atoms with van der Waals surface area (Å²) in [4.78, 5) is 21.7. The molecule has 4 rings (SSSR count). The lowest BCUT2D eigenvalue weighted by Gasteiger charge is -2.40. The highest BCUT2D eigenvalue weighted by Gasteiger charge is 2.27. The molecule has 0 radical (unpaired) electrons. The van der Waals surface area contributed by atoms with Gasteiger partial charge in [-0.15, -0.1) is 0 Å². The molecule has 0 atom stereocenters. The molecule has 0 aliphatic carbocycles. The quantitative estimate of drug-likeness (QED) is 0.853. The first-order valence-corrected chi connectivity index (χ1v) is 9.97. The van der Waals surface area contributed by atoms with E-state index in [-0.39, 0.29) is 5.91 Å². The van der Waals surface area contributed by atoms with Crippen LogP contribution in [-0.2, 0) is 11.2 Å². The highest BCUT2D eigenvalue weighted by molar-refractivity contribution is 7.99. The van der Waals surface area contributed by atoms with Crippen molar-refractivity contribution < 1.29 is 4.79 Å². The van der Waals surface area contributed by atoms with Gasteiger partial charge < -0.3 is 9.30 Å². The lowest BCUT2D eigenvalue weighted by Crippen LogP contribution is -2.49. The Hall–Kier alpha value is -1.53. The lowest BCUT2D eigenvalue weighted by atomic mass is 10.0. The van der Waals surface area contributed by atoms with Crippen LogP contribution in [0.3, 0.4) is 0 Å². The molecule has 2 aliphatic rings. The third-order valence-electron chi connectivity index (χ3n) is 5.21. The fourth-order valence-corrected chi connectivity index (χ4v) is 4.74. The van der Waals surface area contributed by atoms with Gasteiger partial charge in [0, 0.05) is 56.1 Å². The highest BCUT2D eigenvalue weighted by Crippen LogP contribution is 2.21. The zero-order valence-electron chi connectivity index (χ0n) is 13.9. The second-order valence-corrected chi connectivity index (χ2v) is 7.84. The number of amides is 1. The molecule has 24 heavy (non-hydrogen) atoms. The number of carbonyl (C=O) groups is 1. The van der Waals surface area contributed by atoms with E-state index in [1.165, 1.54) is 24.6 Å². The van der Waals surface area contributed by atoms with Gasteiger partial charge in [-0.3, -0.25) is 9.69 Å². The van der Waals surface area contributed by atoms with Gasteiger partial charge in [-0.25, -0.2) is 4.98 Å². The van der Waals surface area contributed by atoms with Gasteiger partial charge in [0.25, 0.3) is 0 Å². The van der Waals surface area contributed by atoms with Gasteiger partial charge in [-0.1, -0.05) is 6.07 Å². The second-order valence-electron chi connectivity index (χ2n) is 6.62. The summed E-state index contributed by atoms with van der Waals surface area (Å²) in [6.45, 7) is 4.21. The third kappa shape index (κ3) is 3.30. The Morgan fingerprint density at radius 1 is 1.17 bits per heavy atom. The number of imidazole rings is 1. The van der Waals surface area contributed by atoms with Crippen molar-refractivity contribution >= 4 is 23.3 Å². The molecule has 0 unspecified atom stereocenters. The van der Waals surface area contributed by atoms with E-state index >= 15 is 0 Å². The van der Waals surface area contributed by atoms with Gasteiger partial charge in [-0.2, -0.15) is 11.8 Å². The van der Waals surface area contributed by atoms with Crippen molar-refractivity contribution in [3.63, 3.8) is 0 Å². The van der Waals surface area contributed by atoms with Crippen molar-refractivity contribution in [2.24, 2.45) is 0 Å². The minimum Gasteiger partial charge on any atom is -0.342 e. The molecule has 6 heteroatoms. The third-order valence-corrected chi connectivity index (χ3v) is 6.15. The predicted molar refractivity (Wildman–Crippen MR) is 97.4 cm³/mol. The van der Waals surface area contributed by atoms with Crippen LogP contribution in [0.4, 0.5) is 0 Å². The predicted octanol–water partition coefficient (Wildman–Crippen LogP) is 1.92. The summed E-state index contributed by atoms with van der Waals surface area (Å²) < 4.78 is 2.01. The molecular weight excluding hydrogens is 320 g/mol. The van der Waals surface area contributed by atoms with Crippen LogP contribution in [-0.4, -0.2) is 68.8 Å². The number of pyridine rings is 1. The first-order valence-electron chi connectivity index (χ1n) is 8.82. The first-order chi connectivity index (χ1) is 11.8. The van der Waals surface area contributed by atoms with E-state index < -0.39 is 0 Å². The van der Waals surface area contributed by atoms with Gasteiger partial charge in [0.05, 0.1) is 12.1 Å². The average molecular weight is 344 g/mol. The number of piperidine rings is 1. The summed E-state index contributed by atoms with van der Waals surface area (Å²) in [5.41, 5.74) is 1.88. The molecule has 2 aromatic rings. The Labute approximate surface area is 147 Å². The SMILES string of the molecule is O=C(Cc1cnc2ccccn12)N1CCC(N2CCSCC2)CC1. The average Bonchev–Trinajstić information content (AvgIpc) is 3.06. The molecule has 2 aliphatic heterocycles. The zero-order valence-corrected chi connectivity index (χ0v) is 14.7. The van der Waals surface area contributed by atoms with Crippen LogP contribution in [0.25, 0.3) is 5.65 Å². The van der Waals surface area contributed by atoms with E-state index in [4.69, 9.17) is 0 Å². The maximum atomic E-state index is 12.7. The Bertz CT molecular complexity index is 702. The van der Waals surface area contributed by atoms with Gasteiger partial charge in [-0.05, 0) is 25.0 Å². The molecule has 0 aromatic carbocycles. The van der Waals surface area contributed by atoms with E-state index in [9.17, 15) is 4.79 Å². The van der Waals surface area contributed by atoms with Crippen molar-refractivity contribution in [1.29, 1.82) is 0 Å². The van der Waals surface area contributed by atoms with E-state index in [2.05, 4.69) is 21.6 Å². The van der Waals surface area contributed by atoms with Crippen LogP contribution in [0.5, 0.6) is 0 Å². The molecule has 128 valence electrons. The maximum absolute atomic E-state index is 12.7. The van der Waals surface area contributed by atoms with Crippen LogP contribution in [0.2, 0.25) is 0 Å². The summed E-state index contributed by atoms with van der Waals surface area (Å²) in [6.07, 6.45) is 6.47. The van der Waals surface area contributed by atoms with Crippen molar-refractivity contribution in [2.45, 2.75) is 25.3 Å². The number of hydrogen-bond donors (Lipinski definition) is 0. The normalized spacial score (nSPS) is 20.6. The molecule has 1 amide bonds. The van der Waals surface area contributed by atoms with Crippen molar-refractivity contribution in [3.8, 4) is 0 Å². The van der Waals surface area contributed by atoms with Gasteiger partial charge in [0.15, 0.2) is 0 Å². The number of thioether (sulfide) groups is 1. The van der Waals surface area contributed by atoms with Crippen LogP contribution in [0.15, 0.2) is 30.6 Å². The number of nitrogens with zero attached hydrogens (tertiary/aromatic N) is 4. The fourth-order valence-electron chi connectivity index (χ4n) is 3.81. The summed E-state index contributed by atoms with van der Waals surface area (Å²) in [6, 6.07) is 6.59. The van der Waals surface area contributed by atoms with E-state index in [1.54, 1.807) is 0 Å². The second kappa shape index (κ2) is 7.15. The number of likely N-dealkylation sites (tertiary alicyclic amines) is 1. The minimum atomic E-state index is 0.230. The molecule has 0 bridgehead atoms. The van der Waals surface area contributed by atoms with Crippen LogP contribution in [0.1, 0.15) is 18.5 Å². The van der Waals surface area contributed by atoms with E-state index in [0.717, 1.165) is 37.3 Å². The highest BCUT2D eigenvalue weighted by atomic mass is 32.2. The summed E-state index contributed by atoms with van der Waals surface area (Å²) >= 11 is 2.06. The van der Waals surface area contributed by atoms with E-state index in [1.807, 2.05) is 39.9 Å². The zero-order chi connectivity index (χ0) is 16.4. The van der Waals surface area contributed by atoms with Gasteiger partial charge >= 0.3 is 0 Å². The monoisotopic (exact) mass is 344 g/mol. The molecule has 2 aromatic heterocycles. The van der Waals surface area contributed by atoms with Crippen LogP contribution < -0.4 is 0 Å². The molecule has 5 nitrogen and oxygen atoms in total. The van der Waals surface area contributed by atoms with Crippen molar-refractivity contribution in [2.75, 3.05) is 37.7 Å². The molecule has 0 N–H and O–H groups in total. The van der Waals surface area contributed by atoms with Crippen molar-refractivity contribution in [3.05, 3.63) is 36.3 Å². The largest absolute Gasteiger partial charge is 0.342 e. The van der Waals surface area contributed by atoms with Gasteiger partial charge in [0.1, 0.15) is 5.65 Å². The molecular formula is C18H24N4OS. The summed E-state index contributed by atoms with van der Waals surface area (Å²) in [7, 11) is 0. The topological polar surface area (TPSA) is 40.9 Å². The molecule has 2 saturated heterocycles. The van der Waals surface area contributed by atoms with Crippen LogP contribution in [0, 0.1) is 0 Å².